The van der Waals surface area contributed by atoms with E-state index in [2.05, 4.69) is 22.4 Å². The molecule has 1 aromatic heterocycles. The number of aliphatic hydroxyl groups excluding tert-OH is 1. The molecule has 0 bridgehead atoms. The van der Waals surface area contributed by atoms with Crippen LogP contribution in [-0.2, 0) is 6.42 Å². The van der Waals surface area contributed by atoms with Crippen molar-refractivity contribution in [1.29, 1.82) is 0 Å². The normalized spacial score (nSPS) is 13.6. The first-order valence-corrected chi connectivity index (χ1v) is 8.36. The minimum absolute atomic E-state index is 0.0565. The Morgan fingerprint density at radius 3 is 2.73 bits per heavy atom. The summed E-state index contributed by atoms with van der Waals surface area (Å²) in [6.45, 7) is 4.00. The van der Waals surface area contributed by atoms with E-state index in [1.807, 2.05) is 32.0 Å². The lowest BCUT2D eigenvalue weighted by Crippen LogP contribution is -2.46. The smallest absolute Gasteiger partial charge is 0.271 e. The number of rotatable bonds is 7. The topological polar surface area (TPSA) is 62.2 Å². The van der Waals surface area contributed by atoms with Crippen LogP contribution in [-0.4, -0.2) is 28.1 Å². The Hall–Kier alpha value is -1.72. The summed E-state index contributed by atoms with van der Waals surface area (Å²) in [5.41, 5.74) is 1.24. The third kappa shape index (κ3) is 4.39. The van der Waals surface area contributed by atoms with E-state index in [1.165, 1.54) is 16.9 Å². The number of benzene rings is 1. The molecule has 1 heterocycles. The van der Waals surface area contributed by atoms with Gasteiger partial charge >= 0.3 is 0 Å². The predicted octanol–water partition coefficient (Wildman–Crippen LogP) is 3.01. The fraction of sp³-hybridized carbons (Fsp3) is 0.412. The van der Waals surface area contributed by atoms with Crippen LogP contribution in [0.3, 0.4) is 0 Å². The monoisotopic (exact) mass is 318 g/mol. The summed E-state index contributed by atoms with van der Waals surface area (Å²) in [5.74, 6) is -0.173. The highest BCUT2D eigenvalue weighted by atomic mass is 32.1. The summed E-state index contributed by atoms with van der Waals surface area (Å²) in [7, 11) is 0. The van der Waals surface area contributed by atoms with E-state index >= 15 is 0 Å². The molecule has 1 atom stereocenters. The van der Waals surface area contributed by atoms with Crippen molar-refractivity contribution < 1.29 is 9.90 Å². The van der Waals surface area contributed by atoms with Gasteiger partial charge in [0.25, 0.3) is 5.91 Å². The molecule has 22 heavy (non-hydrogen) atoms. The highest BCUT2D eigenvalue weighted by Crippen LogP contribution is 2.18. The van der Waals surface area contributed by atoms with Crippen molar-refractivity contribution in [2.75, 3.05) is 6.61 Å². The number of hydrogen-bond donors (Lipinski definition) is 2. The van der Waals surface area contributed by atoms with Crippen molar-refractivity contribution in [1.82, 2.24) is 10.3 Å². The fourth-order valence-corrected chi connectivity index (χ4v) is 2.99. The number of nitrogens with one attached hydrogen (secondary N) is 1. The molecule has 0 aliphatic heterocycles. The molecule has 5 heteroatoms. The number of nitrogens with zero attached hydrogens (tertiary/aromatic N) is 1. The van der Waals surface area contributed by atoms with Gasteiger partial charge in [0.05, 0.1) is 5.01 Å². The fourth-order valence-electron chi connectivity index (χ4n) is 2.18. The lowest BCUT2D eigenvalue weighted by molar-refractivity contribution is 0.0881. The number of amides is 1. The van der Waals surface area contributed by atoms with Crippen LogP contribution < -0.4 is 5.32 Å². The number of hydrogen-bond acceptors (Lipinski definition) is 4. The Labute approximate surface area is 135 Å². The van der Waals surface area contributed by atoms with Gasteiger partial charge in [-0.3, -0.25) is 4.79 Å². The van der Waals surface area contributed by atoms with Crippen molar-refractivity contribution in [3.8, 4) is 0 Å². The van der Waals surface area contributed by atoms with Crippen molar-refractivity contribution in [3.63, 3.8) is 0 Å². The first-order chi connectivity index (χ1) is 10.6. The predicted molar refractivity (Wildman–Crippen MR) is 89.2 cm³/mol. The van der Waals surface area contributed by atoms with Gasteiger partial charge < -0.3 is 10.4 Å². The Bertz CT molecular complexity index is 612. The van der Waals surface area contributed by atoms with E-state index in [4.69, 9.17) is 5.11 Å². The maximum absolute atomic E-state index is 12.3. The second-order valence-electron chi connectivity index (χ2n) is 5.63. The van der Waals surface area contributed by atoms with Crippen molar-refractivity contribution in [2.24, 2.45) is 0 Å². The van der Waals surface area contributed by atoms with Crippen LogP contribution in [0.5, 0.6) is 0 Å². The molecular weight excluding hydrogens is 296 g/mol. The number of carbonyl (C=O) groups is 1. The van der Waals surface area contributed by atoms with Gasteiger partial charge in [-0.1, -0.05) is 37.3 Å². The molecule has 0 saturated carbocycles. The van der Waals surface area contributed by atoms with E-state index in [1.54, 1.807) is 5.38 Å². The molecule has 2 aromatic rings. The molecule has 0 aliphatic carbocycles. The van der Waals surface area contributed by atoms with Crippen LogP contribution >= 0.6 is 11.3 Å². The summed E-state index contributed by atoms with van der Waals surface area (Å²) in [6, 6.07) is 10.1. The highest BCUT2D eigenvalue weighted by molar-refractivity contribution is 7.09. The van der Waals surface area contributed by atoms with E-state index in [9.17, 15) is 4.79 Å². The SMILES string of the molecule is CCC(C)(CCO)NC(=O)c1csc(Cc2ccccc2)n1. The zero-order valence-corrected chi connectivity index (χ0v) is 13.8. The Kier molecular flexibility index (Phi) is 5.69. The van der Waals surface area contributed by atoms with Crippen LogP contribution in [0.15, 0.2) is 35.7 Å². The minimum atomic E-state index is -0.394. The van der Waals surface area contributed by atoms with Crippen LogP contribution in [0.1, 0.15) is 47.7 Å². The molecule has 0 aliphatic rings. The van der Waals surface area contributed by atoms with Crippen molar-refractivity contribution in [3.05, 3.63) is 52.0 Å². The lowest BCUT2D eigenvalue weighted by Gasteiger charge is -2.28. The molecule has 4 nitrogen and oxygen atoms in total. The van der Waals surface area contributed by atoms with Crippen LogP contribution in [0.4, 0.5) is 0 Å². The number of thiazole rings is 1. The molecule has 0 radical (unpaired) electrons. The second-order valence-corrected chi connectivity index (χ2v) is 6.57. The Balaban J connectivity index is 2.03. The van der Waals surface area contributed by atoms with Gasteiger partial charge in [0.2, 0.25) is 0 Å². The third-order valence-electron chi connectivity index (χ3n) is 3.84. The van der Waals surface area contributed by atoms with Gasteiger partial charge in [0.15, 0.2) is 0 Å². The Morgan fingerprint density at radius 2 is 2.09 bits per heavy atom. The van der Waals surface area contributed by atoms with E-state index in [0.717, 1.165) is 17.8 Å². The first-order valence-electron chi connectivity index (χ1n) is 7.48. The largest absolute Gasteiger partial charge is 0.396 e. The maximum Gasteiger partial charge on any atom is 0.271 e. The van der Waals surface area contributed by atoms with E-state index in [0.29, 0.717) is 12.1 Å². The third-order valence-corrected chi connectivity index (χ3v) is 4.69. The van der Waals surface area contributed by atoms with Gasteiger partial charge in [0, 0.05) is 23.9 Å². The molecule has 1 unspecified atom stereocenters. The molecular formula is C17H22N2O2S. The summed E-state index contributed by atoms with van der Waals surface area (Å²) in [4.78, 5) is 16.7. The van der Waals surface area contributed by atoms with E-state index < -0.39 is 5.54 Å². The maximum atomic E-state index is 12.3. The van der Waals surface area contributed by atoms with Gasteiger partial charge in [-0.25, -0.2) is 4.98 Å². The molecule has 0 saturated heterocycles. The molecule has 0 spiro atoms. The number of aromatic nitrogens is 1. The molecule has 2 rings (SSSR count). The summed E-state index contributed by atoms with van der Waals surface area (Å²) in [6.07, 6.45) is 2.04. The number of aliphatic hydroxyl groups is 1. The molecule has 118 valence electrons. The van der Waals surface area contributed by atoms with Gasteiger partial charge in [-0.05, 0) is 25.3 Å². The zero-order chi connectivity index (χ0) is 16.0. The molecule has 2 N–H and O–H groups in total. The highest BCUT2D eigenvalue weighted by Gasteiger charge is 2.25. The zero-order valence-electron chi connectivity index (χ0n) is 13.0. The average molecular weight is 318 g/mol. The minimum Gasteiger partial charge on any atom is -0.396 e. The average Bonchev–Trinajstić information content (AvgIpc) is 2.97. The number of carbonyl (C=O) groups excluding carboxylic acids is 1. The van der Waals surface area contributed by atoms with Gasteiger partial charge in [-0.2, -0.15) is 0 Å². The standard InChI is InChI=1S/C17H22N2O2S/c1-3-17(2,9-10-20)19-16(21)14-12-22-15(18-14)11-13-7-5-4-6-8-13/h4-8,12,20H,3,9-11H2,1-2H3,(H,19,21). The molecule has 1 amide bonds. The van der Waals surface area contributed by atoms with Crippen LogP contribution in [0, 0.1) is 0 Å². The van der Waals surface area contributed by atoms with Crippen LogP contribution in [0.25, 0.3) is 0 Å². The summed E-state index contributed by atoms with van der Waals surface area (Å²) < 4.78 is 0. The van der Waals surface area contributed by atoms with Gasteiger partial charge in [0.1, 0.15) is 5.69 Å². The lowest BCUT2D eigenvalue weighted by atomic mass is 9.95. The van der Waals surface area contributed by atoms with Gasteiger partial charge in [-0.15, -0.1) is 11.3 Å². The quantitative estimate of drug-likeness (QED) is 0.825. The van der Waals surface area contributed by atoms with Crippen molar-refractivity contribution >= 4 is 17.2 Å². The summed E-state index contributed by atoms with van der Waals surface area (Å²) in [5, 5.41) is 14.8. The molecule has 1 aromatic carbocycles. The Morgan fingerprint density at radius 1 is 1.36 bits per heavy atom. The summed E-state index contributed by atoms with van der Waals surface area (Å²) >= 11 is 1.50. The van der Waals surface area contributed by atoms with Crippen molar-refractivity contribution in [2.45, 2.75) is 38.6 Å². The second kappa shape index (κ2) is 7.51. The molecule has 0 fully saturated rings. The van der Waals surface area contributed by atoms with Crippen LogP contribution in [0.2, 0.25) is 0 Å². The first kappa shape index (κ1) is 16.6. The van der Waals surface area contributed by atoms with E-state index in [-0.39, 0.29) is 12.5 Å².